The Kier molecular flexibility index (Phi) is 5.44. The van der Waals surface area contributed by atoms with Gasteiger partial charge in [0.05, 0.1) is 0 Å². The van der Waals surface area contributed by atoms with Crippen LogP contribution in [0.4, 0.5) is 0 Å². The summed E-state index contributed by atoms with van der Waals surface area (Å²) in [5.41, 5.74) is 9.29. The first-order chi connectivity index (χ1) is 20.2. The predicted molar refractivity (Wildman–Crippen MR) is 179 cm³/mol. The number of hydrogen-bond acceptors (Lipinski definition) is 2. The van der Waals surface area contributed by atoms with Gasteiger partial charge in [0.1, 0.15) is 11.2 Å². The average Bonchev–Trinajstić information content (AvgIpc) is 3.57. The summed E-state index contributed by atoms with van der Waals surface area (Å²) in [7, 11) is 0. The lowest BCUT2D eigenvalue weighted by Gasteiger charge is -2.12. The van der Waals surface area contributed by atoms with Gasteiger partial charge in [-0.15, -0.1) is 11.3 Å². The molecular formula is C39H26OS. The topological polar surface area (TPSA) is 13.1 Å². The highest BCUT2D eigenvalue weighted by Crippen LogP contribution is 2.41. The van der Waals surface area contributed by atoms with Gasteiger partial charge in [-0.1, -0.05) is 91.5 Å². The van der Waals surface area contributed by atoms with Gasteiger partial charge in [0, 0.05) is 30.9 Å². The van der Waals surface area contributed by atoms with E-state index < -0.39 is 0 Å². The summed E-state index contributed by atoms with van der Waals surface area (Å²) in [5.74, 6) is 0. The Morgan fingerprint density at radius 1 is 0.634 bits per heavy atom. The van der Waals surface area contributed by atoms with Crippen molar-refractivity contribution in [3.8, 4) is 22.3 Å². The minimum atomic E-state index is 0.926. The lowest BCUT2D eigenvalue weighted by molar-refractivity contribution is 0.669. The van der Waals surface area contributed by atoms with Crippen LogP contribution in [-0.2, 0) is 0 Å². The van der Waals surface area contributed by atoms with E-state index in [-0.39, 0.29) is 0 Å². The molecule has 2 aromatic heterocycles. The second-order valence-corrected chi connectivity index (χ2v) is 11.7. The molecule has 0 N–H and O–H groups in total. The molecule has 0 radical (unpaired) electrons. The van der Waals surface area contributed by atoms with Gasteiger partial charge in [-0.3, -0.25) is 0 Å². The van der Waals surface area contributed by atoms with E-state index in [0.717, 1.165) is 21.9 Å². The van der Waals surface area contributed by atoms with Gasteiger partial charge in [0.2, 0.25) is 0 Å². The summed E-state index contributed by atoms with van der Waals surface area (Å²) in [6.45, 7) is 6.06. The minimum absolute atomic E-state index is 0.926. The number of fused-ring (bicyclic) bond motifs is 7. The van der Waals surface area contributed by atoms with Crippen LogP contribution in [0.5, 0.6) is 0 Å². The largest absolute Gasteiger partial charge is 0.456 e. The van der Waals surface area contributed by atoms with Crippen LogP contribution in [0.1, 0.15) is 11.1 Å². The maximum absolute atomic E-state index is 6.07. The van der Waals surface area contributed by atoms with E-state index in [9.17, 15) is 0 Å². The average molecular weight is 543 g/mol. The Labute approximate surface area is 242 Å². The molecule has 2 heterocycles. The quantitative estimate of drug-likeness (QED) is 0.202. The molecule has 8 rings (SSSR count). The molecule has 0 unspecified atom stereocenters. The van der Waals surface area contributed by atoms with Crippen LogP contribution in [0.3, 0.4) is 0 Å². The van der Waals surface area contributed by atoms with Crippen molar-refractivity contribution in [2.45, 2.75) is 6.92 Å². The van der Waals surface area contributed by atoms with Gasteiger partial charge < -0.3 is 4.42 Å². The number of thiophene rings is 1. The highest BCUT2D eigenvalue weighted by Gasteiger charge is 2.13. The summed E-state index contributed by atoms with van der Waals surface area (Å²) >= 11 is 1.86. The van der Waals surface area contributed by atoms with Crippen LogP contribution in [0.25, 0.3) is 81.2 Å². The molecule has 0 spiro atoms. The molecular weight excluding hydrogens is 516 g/mol. The molecule has 0 atom stereocenters. The number of rotatable bonds is 4. The minimum Gasteiger partial charge on any atom is -0.456 e. The number of furan rings is 1. The summed E-state index contributed by atoms with van der Waals surface area (Å²) in [6.07, 6.45) is 5.97. The highest BCUT2D eigenvalue weighted by molar-refractivity contribution is 7.25. The van der Waals surface area contributed by atoms with Gasteiger partial charge in [-0.25, -0.2) is 0 Å². The molecule has 0 bridgehead atoms. The number of para-hydroxylation sites is 1. The molecule has 0 aliphatic heterocycles. The number of allylic oxidation sites excluding steroid dienone is 2. The number of aryl methyl sites for hydroxylation is 1. The lowest BCUT2D eigenvalue weighted by Crippen LogP contribution is -1.88. The van der Waals surface area contributed by atoms with E-state index >= 15 is 0 Å². The molecule has 0 fully saturated rings. The molecule has 0 saturated heterocycles. The van der Waals surface area contributed by atoms with E-state index in [0.29, 0.717) is 0 Å². The standard InChI is InChI=1S/C39H26OS/c1-3-4-8-25-13-14-26-9-7-11-30(39(26)24(25)2)29-17-20-38-34(23-29)33-22-28(16-19-37(33)41-38)27-15-18-36-32(21-27)31-10-5-6-12-35(31)40-36/h3-23H,1H2,2H3/b8-4-. The summed E-state index contributed by atoms with van der Waals surface area (Å²) in [4.78, 5) is 0. The van der Waals surface area contributed by atoms with Crippen molar-refractivity contribution in [1.82, 2.24) is 0 Å². The zero-order chi connectivity index (χ0) is 27.5. The first kappa shape index (κ1) is 23.9. The zero-order valence-electron chi connectivity index (χ0n) is 22.6. The molecule has 6 aromatic carbocycles. The second-order valence-electron chi connectivity index (χ2n) is 10.6. The third-order valence-electron chi connectivity index (χ3n) is 8.25. The third kappa shape index (κ3) is 3.83. The fourth-order valence-corrected chi connectivity index (χ4v) is 7.27. The van der Waals surface area contributed by atoms with Crippen LogP contribution < -0.4 is 0 Å². The van der Waals surface area contributed by atoms with Crippen molar-refractivity contribution in [2.24, 2.45) is 0 Å². The van der Waals surface area contributed by atoms with Gasteiger partial charge in [0.15, 0.2) is 0 Å². The van der Waals surface area contributed by atoms with Crippen molar-refractivity contribution in [2.75, 3.05) is 0 Å². The van der Waals surface area contributed by atoms with Crippen molar-refractivity contribution < 1.29 is 4.42 Å². The van der Waals surface area contributed by atoms with E-state index in [1.54, 1.807) is 0 Å². The van der Waals surface area contributed by atoms with E-state index in [4.69, 9.17) is 4.42 Å². The van der Waals surface area contributed by atoms with Crippen molar-refractivity contribution in [1.29, 1.82) is 0 Å². The fraction of sp³-hybridized carbons (Fsp3) is 0.0256. The number of hydrogen-bond donors (Lipinski definition) is 0. The van der Waals surface area contributed by atoms with Crippen molar-refractivity contribution in [3.05, 3.63) is 139 Å². The first-order valence-electron chi connectivity index (χ1n) is 13.9. The smallest absolute Gasteiger partial charge is 0.135 e. The molecule has 194 valence electrons. The Morgan fingerprint density at radius 2 is 1.34 bits per heavy atom. The Bertz CT molecular complexity index is 2340. The lowest BCUT2D eigenvalue weighted by atomic mass is 9.91. The molecule has 8 aromatic rings. The first-order valence-corrected chi connectivity index (χ1v) is 14.7. The van der Waals surface area contributed by atoms with Gasteiger partial charge in [-0.2, -0.15) is 0 Å². The Morgan fingerprint density at radius 3 is 2.17 bits per heavy atom. The van der Waals surface area contributed by atoms with Gasteiger partial charge in [0.25, 0.3) is 0 Å². The van der Waals surface area contributed by atoms with E-state index in [2.05, 4.69) is 117 Å². The number of benzene rings is 6. The van der Waals surface area contributed by atoms with E-state index in [1.807, 2.05) is 35.6 Å². The predicted octanol–water partition coefficient (Wildman–Crippen LogP) is 11.9. The molecule has 2 heteroatoms. The Hall–Kier alpha value is -4.92. The monoisotopic (exact) mass is 542 g/mol. The SMILES string of the molecule is C=C/C=C\c1ccc2cccc(-c3ccc4sc5ccc(-c6ccc7oc8ccccc8c7c6)cc5c4c3)c2c1C. The molecule has 1 nitrogen and oxygen atoms in total. The zero-order valence-corrected chi connectivity index (χ0v) is 23.5. The molecule has 41 heavy (non-hydrogen) atoms. The van der Waals surface area contributed by atoms with Crippen LogP contribution in [0, 0.1) is 6.92 Å². The fourth-order valence-electron chi connectivity index (χ4n) is 6.20. The van der Waals surface area contributed by atoms with Gasteiger partial charge >= 0.3 is 0 Å². The summed E-state index contributed by atoms with van der Waals surface area (Å²) < 4.78 is 8.69. The van der Waals surface area contributed by atoms with E-state index in [1.165, 1.54) is 64.3 Å². The molecule has 0 aliphatic rings. The normalized spacial score (nSPS) is 12.0. The van der Waals surface area contributed by atoms with Crippen LogP contribution in [-0.4, -0.2) is 0 Å². The highest BCUT2D eigenvalue weighted by atomic mass is 32.1. The van der Waals surface area contributed by atoms with Crippen molar-refractivity contribution in [3.63, 3.8) is 0 Å². The third-order valence-corrected chi connectivity index (χ3v) is 9.40. The van der Waals surface area contributed by atoms with Crippen molar-refractivity contribution >= 4 is 70.3 Å². The van der Waals surface area contributed by atoms with Gasteiger partial charge in [-0.05, 0) is 93.5 Å². The maximum Gasteiger partial charge on any atom is 0.135 e. The summed E-state index contributed by atoms with van der Waals surface area (Å²) in [6, 6.07) is 39.6. The molecule has 0 amide bonds. The van der Waals surface area contributed by atoms with Crippen LogP contribution >= 0.6 is 11.3 Å². The Balaban J connectivity index is 1.30. The maximum atomic E-state index is 6.07. The van der Waals surface area contributed by atoms with Crippen LogP contribution in [0.2, 0.25) is 0 Å². The van der Waals surface area contributed by atoms with Crippen LogP contribution in [0.15, 0.2) is 132 Å². The molecule has 0 aliphatic carbocycles. The summed E-state index contributed by atoms with van der Waals surface area (Å²) in [5, 5.41) is 7.48. The second kappa shape index (κ2) is 9.33. The molecule has 0 saturated carbocycles.